The second-order valence-electron chi connectivity index (χ2n) is 5.80. The van der Waals surface area contributed by atoms with Crippen LogP contribution in [0.2, 0.25) is 0 Å². The Labute approximate surface area is 150 Å². The van der Waals surface area contributed by atoms with Crippen molar-refractivity contribution >= 4 is 27.7 Å². The van der Waals surface area contributed by atoms with Crippen LogP contribution >= 0.6 is 15.9 Å². The molecule has 1 aliphatic rings. The third kappa shape index (κ3) is 3.36. The second-order valence-corrected chi connectivity index (χ2v) is 6.72. The molecule has 2 aromatic carbocycles. The summed E-state index contributed by atoms with van der Waals surface area (Å²) in [5.41, 5.74) is 2.88. The quantitative estimate of drug-likeness (QED) is 0.876. The maximum absolute atomic E-state index is 12.8. The Morgan fingerprint density at radius 1 is 1.21 bits per heavy atom. The smallest absolute Gasteiger partial charge is 0.247 e. The Balaban J connectivity index is 1.81. The van der Waals surface area contributed by atoms with Crippen molar-refractivity contribution in [3.63, 3.8) is 0 Å². The average Bonchev–Trinajstić information content (AvgIpc) is 2.59. The van der Waals surface area contributed by atoms with Crippen LogP contribution in [-0.4, -0.2) is 23.3 Å². The lowest BCUT2D eigenvalue weighted by molar-refractivity contribution is -0.141. The van der Waals surface area contributed by atoms with Gasteiger partial charge in [0.25, 0.3) is 0 Å². The molecule has 5 heteroatoms. The van der Waals surface area contributed by atoms with Crippen LogP contribution in [0.3, 0.4) is 0 Å². The normalized spacial score (nSPS) is 16.7. The number of hydrogen-bond donors (Lipinski definition) is 1. The summed E-state index contributed by atoms with van der Waals surface area (Å²) in [7, 11) is 0. The van der Waals surface area contributed by atoms with Crippen molar-refractivity contribution in [2.24, 2.45) is 0 Å². The van der Waals surface area contributed by atoms with Crippen LogP contribution in [-0.2, 0) is 22.6 Å². The van der Waals surface area contributed by atoms with E-state index >= 15 is 0 Å². The van der Waals surface area contributed by atoms with Crippen molar-refractivity contribution in [2.75, 3.05) is 6.54 Å². The van der Waals surface area contributed by atoms with Gasteiger partial charge in [0.1, 0.15) is 6.04 Å². The van der Waals surface area contributed by atoms with Gasteiger partial charge in [0.05, 0.1) is 6.42 Å². The number of hydrogen-bond acceptors (Lipinski definition) is 2. The van der Waals surface area contributed by atoms with Crippen LogP contribution in [0.4, 0.5) is 0 Å². The Morgan fingerprint density at radius 3 is 2.62 bits per heavy atom. The zero-order valence-electron chi connectivity index (χ0n) is 13.5. The van der Waals surface area contributed by atoms with E-state index in [2.05, 4.69) is 21.2 Å². The number of fused-ring (bicyclic) bond motifs is 1. The number of carbonyl (C=O) groups excluding carboxylic acids is 2. The topological polar surface area (TPSA) is 49.4 Å². The fraction of sp³-hybridized carbons (Fsp3) is 0.263. The molecule has 1 atom stereocenters. The first-order valence-corrected chi connectivity index (χ1v) is 8.79. The molecule has 0 aromatic heterocycles. The number of amides is 2. The van der Waals surface area contributed by atoms with Gasteiger partial charge in [-0.05, 0) is 35.7 Å². The van der Waals surface area contributed by atoms with E-state index in [-0.39, 0.29) is 11.8 Å². The SMILES string of the molecule is CCN1C(=O)Cc2ccccc2[C@@H]1C(=O)NCc1ccc(Br)cc1. The summed E-state index contributed by atoms with van der Waals surface area (Å²) in [5, 5.41) is 2.97. The summed E-state index contributed by atoms with van der Waals surface area (Å²) < 4.78 is 1.00. The van der Waals surface area contributed by atoms with Gasteiger partial charge in [-0.2, -0.15) is 0 Å². The number of rotatable bonds is 4. The molecule has 0 unspecified atom stereocenters. The zero-order chi connectivity index (χ0) is 17.1. The molecule has 3 rings (SSSR count). The van der Waals surface area contributed by atoms with Gasteiger partial charge in [0, 0.05) is 17.6 Å². The van der Waals surface area contributed by atoms with Crippen molar-refractivity contribution in [3.05, 3.63) is 69.7 Å². The average molecular weight is 387 g/mol. The highest BCUT2D eigenvalue weighted by molar-refractivity contribution is 9.10. The van der Waals surface area contributed by atoms with Gasteiger partial charge < -0.3 is 10.2 Å². The number of nitrogens with one attached hydrogen (secondary N) is 1. The van der Waals surface area contributed by atoms with Crippen molar-refractivity contribution in [1.29, 1.82) is 0 Å². The molecule has 0 radical (unpaired) electrons. The van der Waals surface area contributed by atoms with Crippen LogP contribution in [0.1, 0.15) is 29.7 Å². The summed E-state index contributed by atoms with van der Waals surface area (Å²) in [6.45, 7) is 2.86. The lowest BCUT2D eigenvalue weighted by atomic mass is 9.91. The van der Waals surface area contributed by atoms with Crippen molar-refractivity contribution in [1.82, 2.24) is 10.2 Å². The maximum atomic E-state index is 12.8. The van der Waals surface area contributed by atoms with E-state index in [1.165, 1.54) is 0 Å². The predicted octanol–water partition coefficient (Wildman–Crippen LogP) is 3.21. The third-order valence-corrected chi connectivity index (χ3v) is 4.82. The van der Waals surface area contributed by atoms with Gasteiger partial charge in [0.2, 0.25) is 11.8 Å². The minimum Gasteiger partial charge on any atom is -0.350 e. The van der Waals surface area contributed by atoms with E-state index in [9.17, 15) is 9.59 Å². The highest BCUT2D eigenvalue weighted by Crippen LogP contribution is 2.30. The molecule has 1 aliphatic heterocycles. The molecule has 24 heavy (non-hydrogen) atoms. The van der Waals surface area contributed by atoms with Crippen LogP contribution in [0.15, 0.2) is 53.0 Å². The summed E-state index contributed by atoms with van der Waals surface area (Å²) in [5.74, 6) is -0.139. The van der Waals surface area contributed by atoms with Crippen LogP contribution in [0.25, 0.3) is 0 Å². The first-order valence-electron chi connectivity index (χ1n) is 7.99. The number of carbonyl (C=O) groups is 2. The van der Waals surface area contributed by atoms with E-state index in [1.807, 2.05) is 55.5 Å². The Bertz CT molecular complexity index is 758. The standard InChI is InChI=1S/C19H19BrN2O2/c1-2-22-17(23)11-14-5-3-4-6-16(14)18(22)19(24)21-12-13-7-9-15(20)10-8-13/h3-10,18H,2,11-12H2,1H3,(H,21,24)/t18-/m1/s1. The largest absolute Gasteiger partial charge is 0.350 e. The van der Waals surface area contributed by atoms with Gasteiger partial charge in [-0.1, -0.05) is 52.3 Å². The fourth-order valence-electron chi connectivity index (χ4n) is 3.07. The number of benzene rings is 2. The minimum absolute atomic E-state index is 0.00000769. The molecule has 2 amide bonds. The van der Waals surface area contributed by atoms with E-state index in [0.29, 0.717) is 19.5 Å². The molecule has 0 saturated heterocycles. The van der Waals surface area contributed by atoms with E-state index in [1.54, 1.807) is 4.90 Å². The van der Waals surface area contributed by atoms with Crippen molar-refractivity contribution < 1.29 is 9.59 Å². The van der Waals surface area contributed by atoms with Crippen LogP contribution in [0, 0.1) is 0 Å². The summed E-state index contributed by atoms with van der Waals surface area (Å²) >= 11 is 3.40. The highest BCUT2D eigenvalue weighted by atomic mass is 79.9. The van der Waals surface area contributed by atoms with Gasteiger partial charge >= 0.3 is 0 Å². The van der Waals surface area contributed by atoms with E-state index < -0.39 is 6.04 Å². The molecular weight excluding hydrogens is 368 g/mol. The van der Waals surface area contributed by atoms with E-state index in [4.69, 9.17) is 0 Å². The predicted molar refractivity (Wildman–Crippen MR) is 96.3 cm³/mol. The molecular formula is C19H19BrN2O2. The van der Waals surface area contributed by atoms with Gasteiger partial charge in [0.15, 0.2) is 0 Å². The van der Waals surface area contributed by atoms with Crippen molar-refractivity contribution in [3.8, 4) is 0 Å². The summed E-state index contributed by atoms with van der Waals surface area (Å²) in [6, 6.07) is 14.9. The molecule has 0 bridgehead atoms. The number of likely N-dealkylation sites (N-methyl/N-ethyl adjacent to an activating group) is 1. The zero-order valence-corrected chi connectivity index (χ0v) is 15.0. The molecule has 1 N–H and O–H groups in total. The summed E-state index contributed by atoms with van der Waals surface area (Å²) in [4.78, 5) is 26.8. The molecule has 124 valence electrons. The Morgan fingerprint density at radius 2 is 1.92 bits per heavy atom. The molecule has 4 nitrogen and oxygen atoms in total. The molecule has 0 saturated carbocycles. The van der Waals surface area contributed by atoms with Crippen molar-refractivity contribution in [2.45, 2.75) is 25.9 Å². The molecule has 1 heterocycles. The molecule has 0 fully saturated rings. The van der Waals surface area contributed by atoms with Gasteiger partial charge in [-0.15, -0.1) is 0 Å². The number of nitrogens with zero attached hydrogens (tertiary/aromatic N) is 1. The van der Waals surface area contributed by atoms with Crippen LogP contribution in [0.5, 0.6) is 0 Å². The minimum atomic E-state index is -0.553. The Kier molecular flexibility index (Phi) is 5.00. The monoisotopic (exact) mass is 386 g/mol. The molecule has 0 aliphatic carbocycles. The van der Waals surface area contributed by atoms with Crippen LogP contribution < -0.4 is 5.32 Å². The lowest BCUT2D eigenvalue weighted by Crippen LogP contribution is -2.47. The second kappa shape index (κ2) is 7.18. The fourth-order valence-corrected chi connectivity index (χ4v) is 3.33. The first-order chi connectivity index (χ1) is 11.6. The van der Waals surface area contributed by atoms with Gasteiger partial charge in [-0.25, -0.2) is 0 Å². The number of halogens is 1. The van der Waals surface area contributed by atoms with Gasteiger partial charge in [-0.3, -0.25) is 9.59 Å². The third-order valence-electron chi connectivity index (χ3n) is 4.29. The lowest BCUT2D eigenvalue weighted by Gasteiger charge is -2.35. The first kappa shape index (κ1) is 16.7. The molecule has 0 spiro atoms. The van der Waals surface area contributed by atoms with E-state index in [0.717, 1.165) is 21.2 Å². The highest BCUT2D eigenvalue weighted by Gasteiger charge is 2.35. The Hall–Kier alpha value is -2.14. The molecule has 2 aromatic rings. The maximum Gasteiger partial charge on any atom is 0.247 e. The summed E-state index contributed by atoms with van der Waals surface area (Å²) in [6.07, 6.45) is 0.362.